The number of fused-ring (bicyclic) bond motifs is 1. The van der Waals surface area contributed by atoms with Gasteiger partial charge in [0.2, 0.25) is 0 Å². The molecular formula is C30H43Cl2N5O4. The molecule has 2 amide bonds. The number of hydrogen-bond donors (Lipinski definition) is 2. The van der Waals surface area contributed by atoms with E-state index in [0.29, 0.717) is 41.8 Å². The van der Waals surface area contributed by atoms with Crippen molar-refractivity contribution in [3.05, 3.63) is 48.7 Å². The summed E-state index contributed by atoms with van der Waals surface area (Å²) in [6.45, 7) is 12.8. The number of rotatable bonds is 10. The maximum absolute atomic E-state index is 12.2. The fraction of sp³-hybridized carbons (Fsp3) is 0.467. The molecular weight excluding hydrogens is 565 g/mol. The van der Waals surface area contributed by atoms with Crippen LogP contribution in [0.15, 0.2) is 48.7 Å². The van der Waals surface area contributed by atoms with Crippen molar-refractivity contribution in [3.63, 3.8) is 0 Å². The van der Waals surface area contributed by atoms with E-state index < -0.39 is 0 Å². The third-order valence-corrected chi connectivity index (χ3v) is 6.75. The number of benzene rings is 2. The number of aromatic nitrogens is 1. The van der Waals surface area contributed by atoms with Crippen molar-refractivity contribution in [1.29, 1.82) is 0 Å². The van der Waals surface area contributed by atoms with Gasteiger partial charge < -0.3 is 29.7 Å². The fourth-order valence-corrected chi connectivity index (χ4v) is 4.31. The summed E-state index contributed by atoms with van der Waals surface area (Å²) in [6, 6.07) is 12.7. The third kappa shape index (κ3) is 10.4. The molecule has 41 heavy (non-hydrogen) atoms. The van der Waals surface area contributed by atoms with Gasteiger partial charge in [-0.05, 0) is 55.3 Å². The van der Waals surface area contributed by atoms with Crippen LogP contribution in [0.4, 0.5) is 10.5 Å². The third-order valence-electron chi connectivity index (χ3n) is 6.75. The van der Waals surface area contributed by atoms with Crippen LogP contribution in [-0.4, -0.2) is 80.8 Å². The Hall–Kier alpha value is -2.98. The van der Waals surface area contributed by atoms with Gasteiger partial charge in [-0.1, -0.05) is 20.8 Å². The molecule has 2 aromatic carbocycles. The predicted octanol–water partition coefficient (Wildman–Crippen LogP) is 6.06. The molecule has 0 radical (unpaired) electrons. The molecule has 0 atom stereocenters. The predicted molar refractivity (Wildman–Crippen MR) is 170 cm³/mol. The number of amides is 2. The fourth-order valence-electron chi connectivity index (χ4n) is 4.31. The van der Waals surface area contributed by atoms with Gasteiger partial charge in [0, 0.05) is 62.6 Å². The first kappa shape index (κ1) is 34.2. The Kier molecular flexibility index (Phi) is 13.2. The first-order chi connectivity index (χ1) is 18.7. The van der Waals surface area contributed by atoms with Crippen LogP contribution in [0.2, 0.25) is 0 Å². The summed E-state index contributed by atoms with van der Waals surface area (Å²) in [6.07, 6.45) is 2.62. The molecule has 0 bridgehead atoms. The summed E-state index contributed by atoms with van der Waals surface area (Å²) < 4.78 is 17.9. The summed E-state index contributed by atoms with van der Waals surface area (Å²) in [7, 11) is 3.79. The van der Waals surface area contributed by atoms with Crippen LogP contribution in [0.25, 0.3) is 10.9 Å². The zero-order valence-electron chi connectivity index (χ0n) is 24.6. The van der Waals surface area contributed by atoms with Gasteiger partial charge >= 0.3 is 6.03 Å². The van der Waals surface area contributed by atoms with E-state index >= 15 is 0 Å². The molecule has 1 aliphatic heterocycles. The Morgan fingerprint density at radius 3 is 2.34 bits per heavy atom. The smallest absolute Gasteiger partial charge is 0.319 e. The molecule has 1 aromatic heterocycles. The highest BCUT2D eigenvalue weighted by atomic mass is 35.5. The summed E-state index contributed by atoms with van der Waals surface area (Å²) in [5, 5.41) is 6.57. The molecule has 0 saturated carbocycles. The molecule has 1 fully saturated rings. The number of hydrogen-bond acceptors (Lipinski definition) is 7. The van der Waals surface area contributed by atoms with Crippen molar-refractivity contribution in [2.45, 2.75) is 27.2 Å². The number of nitrogens with zero attached hydrogens (tertiary/aromatic N) is 3. The second kappa shape index (κ2) is 15.9. The number of likely N-dealkylation sites (N-methyl/N-ethyl adjacent to an activating group) is 1. The number of urea groups is 1. The average Bonchev–Trinajstić information content (AvgIpc) is 2.90. The van der Waals surface area contributed by atoms with E-state index in [1.807, 2.05) is 42.5 Å². The Bertz CT molecular complexity index is 1250. The van der Waals surface area contributed by atoms with Crippen molar-refractivity contribution < 1.29 is 19.0 Å². The zero-order chi connectivity index (χ0) is 27.8. The molecule has 4 rings (SSSR count). The van der Waals surface area contributed by atoms with Crippen LogP contribution < -0.4 is 24.8 Å². The van der Waals surface area contributed by atoms with Crippen LogP contribution in [-0.2, 0) is 0 Å². The van der Waals surface area contributed by atoms with Crippen LogP contribution >= 0.6 is 24.8 Å². The summed E-state index contributed by atoms with van der Waals surface area (Å²) in [4.78, 5) is 21.5. The highest BCUT2D eigenvalue weighted by Gasteiger charge is 2.16. The number of piperazine rings is 1. The largest absolute Gasteiger partial charge is 0.493 e. The van der Waals surface area contributed by atoms with E-state index in [4.69, 9.17) is 14.2 Å². The highest BCUT2D eigenvalue weighted by Crippen LogP contribution is 2.37. The maximum atomic E-state index is 12.2. The second-order valence-corrected chi connectivity index (χ2v) is 11.1. The molecule has 2 heterocycles. The van der Waals surface area contributed by atoms with Crippen molar-refractivity contribution in [1.82, 2.24) is 20.1 Å². The van der Waals surface area contributed by atoms with Gasteiger partial charge in [-0.2, -0.15) is 0 Å². The second-order valence-electron chi connectivity index (χ2n) is 11.1. The molecule has 1 aliphatic rings. The normalized spacial score (nSPS) is 14.0. The lowest BCUT2D eigenvalue weighted by atomic mass is 9.92. The number of anilines is 1. The van der Waals surface area contributed by atoms with E-state index in [9.17, 15) is 4.79 Å². The quantitative estimate of drug-likeness (QED) is 0.289. The van der Waals surface area contributed by atoms with Crippen LogP contribution in [0.3, 0.4) is 0 Å². The number of nitrogens with one attached hydrogen (secondary N) is 2. The molecule has 2 N–H and O–H groups in total. The van der Waals surface area contributed by atoms with Gasteiger partial charge in [-0.15, -0.1) is 24.8 Å². The Morgan fingerprint density at radius 2 is 1.68 bits per heavy atom. The van der Waals surface area contributed by atoms with Crippen LogP contribution in [0.5, 0.6) is 23.0 Å². The first-order valence-electron chi connectivity index (χ1n) is 13.5. The van der Waals surface area contributed by atoms with Crippen molar-refractivity contribution in [3.8, 4) is 23.0 Å². The lowest BCUT2D eigenvalue weighted by molar-refractivity contribution is 0.133. The van der Waals surface area contributed by atoms with E-state index in [1.54, 1.807) is 13.3 Å². The number of halogens is 2. The van der Waals surface area contributed by atoms with Crippen molar-refractivity contribution >= 4 is 47.4 Å². The van der Waals surface area contributed by atoms with Crippen molar-refractivity contribution in [2.75, 3.05) is 65.3 Å². The van der Waals surface area contributed by atoms with E-state index in [1.165, 1.54) is 0 Å². The van der Waals surface area contributed by atoms with Crippen LogP contribution in [0, 0.1) is 5.41 Å². The molecule has 0 unspecified atom stereocenters. The Morgan fingerprint density at radius 1 is 0.976 bits per heavy atom. The number of methoxy groups -OCH3 is 1. The summed E-state index contributed by atoms with van der Waals surface area (Å²) >= 11 is 0. The van der Waals surface area contributed by atoms with Gasteiger partial charge in [0.25, 0.3) is 0 Å². The Balaban J connectivity index is 0.00000294. The molecule has 226 valence electrons. The monoisotopic (exact) mass is 607 g/mol. The van der Waals surface area contributed by atoms with E-state index in [2.05, 4.69) is 53.2 Å². The highest BCUT2D eigenvalue weighted by molar-refractivity contribution is 5.90. The Labute approximate surface area is 255 Å². The zero-order valence-corrected chi connectivity index (χ0v) is 26.2. The van der Waals surface area contributed by atoms with Gasteiger partial charge in [0.15, 0.2) is 11.5 Å². The molecule has 11 heteroatoms. The molecule has 1 saturated heterocycles. The average molecular weight is 609 g/mol. The minimum atomic E-state index is -0.221. The molecule has 0 aliphatic carbocycles. The van der Waals surface area contributed by atoms with Gasteiger partial charge in [0.05, 0.1) is 12.6 Å². The van der Waals surface area contributed by atoms with E-state index in [-0.39, 0.29) is 36.3 Å². The van der Waals surface area contributed by atoms with Crippen molar-refractivity contribution in [2.24, 2.45) is 5.41 Å². The first-order valence-corrected chi connectivity index (χ1v) is 13.5. The topological polar surface area (TPSA) is 88.2 Å². The lowest BCUT2D eigenvalue weighted by Gasteiger charge is -2.32. The van der Waals surface area contributed by atoms with Gasteiger partial charge in [-0.3, -0.25) is 9.88 Å². The summed E-state index contributed by atoms with van der Waals surface area (Å²) in [5.41, 5.74) is 1.62. The van der Waals surface area contributed by atoms with Crippen LogP contribution in [0.1, 0.15) is 27.2 Å². The molecule has 9 nitrogen and oxygen atoms in total. The minimum absolute atomic E-state index is 0. The minimum Gasteiger partial charge on any atom is -0.493 e. The number of carbonyl (C=O) groups excluding carboxylic acids is 1. The number of carbonyl (C=O) groups is 1. The maximum Gasteiger partial charge on any atom is 0.319 e. The summed E-state index contributed by atoms with van der Waals surface area (Å²) in [5.74, 6) is 2.60. The standard InChI is InChI=1S/C30H41N5O4.2ClH/c1-30(2,3)11-13-32-29(36)33-22-6-8-23(9-7-22)39-26-10-12-31-25-21-28(27(37-5)20-24(25)26)38-19-18-35-16-14-34(4)15-17-35;;/h6-10,12,20-21H,11,13-19H2,1-5H3,(H2,32,33,36);2*1H. The molecule has 3 aromatic rings. The number of pyridine rings is 1. The van der Waals surface area contributed by atoms with Gasteiger partial charge in [0.1, 0.15) is 18.1 Å². The SMILES string of the molecule is COc1cc2c(Oc3ccc(NC(=O)NCCC(C)(C)C)cc3)ccnc2cc1OCCN1CCN(C)CC1.Cl.Cl. The van der Waals surface area contributed by atoms with Gasteiger partial charge in [-0.25, -0.2) is 4.79 Å². The van der Waals surface area contributed by atoms with E-state index in [0.717, 1.165) is 50.0 Å². The number of ether oxygens (including phenoxy) is 3. The lowest BCUT2D eigenvalue weighted by Crippen LogP contribution is -2.45. The molecule has 0 spiro atoms.